The summed E-state index contributed by atoms with van der Waals surface area (Å²) >= 11 is 0. The van der Waals surface area contributed by atoms with Gasteiger partial charge >= 0.3 is 6.03 Å². The van der Waals surface area contributed by atoms with Crippen molar-refractivity contribution in [3.05, 3.63) is 0 Å². The molecule has 2 aliphatic carbocycles. The number of nitrogens with two attached hydrogens (primary N) is 1. The van der Waals surface area contributed by atoms with Crippen LogP contribution in [-0.2, 0) is 4.79 Å². The van der Waals surface area contributed by atoms with Crippen LogP contribution in [0.4, 0.5) is 13.6 Å². The molecule has 3 aliphatic rings. The largest absolute Gasteiger partial charge is 0.351 e. The van der Waals surface area contributed by atoms with Crippen molar-refractivity contribution in [3.8, 4) is 6.07 Å². The Bertz CT molecular complexity index is 645. The van der Waals surface area contributed by atoms with Crippen LogP contribution < -0.4 is 11.1 Å². The summed E-state index contributed by atoms with van der Waals surface area (Å²) < 4.78 is 28.0. The zero-order valence-electron chi connectivity index (χ0n) is 15.8. The van der Waals surface area contributed by atoms with Gasteiger partial charge in [-0.15, -0.1) is 0 Å². The highest BCUT2D eigenvalue weighted by Gasteiger charge is 2.56. The van der Waals surface area contributed by atoms with Crippen molar-refractivity contribution < 1.29 is 18.4 Å². The molecular formula is C19H28F2N4O2. The molecule has 3 amide bonds. The van der Waals surface area contributed by atoms with Gasteiger partial charge in [-0.3, -0.25) is 4.79 Å². The van der Waals surface area contributed by atoms with Gasteiger partial charge in [-0.05, 0) is 44.4 Å². The number of alkyl halides is 2. The summed E-state index contributed by atoms with van der Waals surface area (Å²) in [5, 5.41) is 12.0. The van der Waals surface area contributed by atoms with Crippen molar-refractivity contribution >= 4 is 11.9 Å². The number of nitrogens with one attached hydrogen (secondary N) is 1. The summed E-state index contributed by atoms with van der Waals surface area (Å²) in [6, 6.07) is 0.763. The summed E-state index contributed by atoms with van der Waals surface area (Å²) in [5.74, 6) is -4.70. The zero-order chi connectivity index (χ0) is 19.9. The van der Waals surface area contributed by atoms with Crippen LogP contribution in [-0.4, -0.2) is 40.9 Å². The lowest BCUT2D eigenvalue weighted by atomic mass is 9.65. The molecule has 8 heteroatoms. The van der Waals surface area contributed by atoms with Gasteiger partial charge in [-0.1, -0.05) is 19.3 Å². The number of hydrogen-bond donors (Lipinski definition) is 2. The standard InChI is InChI=1S/C19H28F2N4O2/c1-17(20,21)11-13(15(26)24-19(12-22)7-8-19)14-18(5-3-2-4-6-18)9-10-25(14)16(23)27/h13-14H,2-11H2,1H3,(H2,23,27)(H,24,26)/t13-,14?/m0/s1. The van der Waals surface area contributed by atoms with E-state index in [0.29, 0.717) is 25.8 Å². The number of nitriles is 1. The fourth-order valence-electron chi connectivity index (χ4n) is 5.11. The van der Waals surface area contributed by atoms with Crippen LogP contribution in [0.1, 0.15) is 64.7 Å². The summed E-state index contributed by atoms with van der Waals surface area (Å²) in [6.07, 6.45) is 5.70. The van der Waals surface area contributed by atoms with Crippen molar-refractivity contribution in [1.82, 2.24) is 10.2 Å². The first kappa shape index (κ1) is 19.8. The van der Waals surface area contributed by atoms with Crippen LogP contribution in [0, 0.1) is 22.7 Å². The van der Waals surface area contributed by atoms with Gasteiger partial charge < -0.3 is 16.0 Å². The quantitative estimate of drug-likeness (QED) is 0.765. The molecule has 3 rings (SSSR count). The topological polar surface area (TPSA) is 99.2 Å². The molecule has 1 unspecified atom stereocenters. The first-order valence-electron chi connectivity index (χ1n) is 9.79. The molecule has 150 valence electrons. The van der Waals surface area contributed by atoms with Crippen LogP contribution in [0.25, 0.3) is 0 Å². The average Bonchev–Trinajstić information content (AvgIpc) is 3.27. The van der Waals surface area contributed by atoms with E-state index >= 15 is 0 Å². The number of carbonyl (C=O) groups excluding carboxylic acids is 2. The first-order valence-corrected chi connectivity index (χ1v) is 9.79. The Labute approximate surface area is 158 Å². The maximum absolute atomic E-state index is 14.0. The molecule has 0 bridgehead atoms. The van der Waals surface area contributed by atoms with E-state index < -0.39 is 41.8 Å². The molecule has 0 aromatic heterocycles. The van der Waals surface area contributed by atoms with Crippen LogP contribution in [0.3, 0.4) is 0 Å². The van der Waals surface area contributed by atoms with E-state index in [0.717, 1.165) is 39.0 Å². The first-order chi connectivity index (χ1) is 12.6. The molecule has 1 spiro atoms. The van der Waals surface area contributed by atoms with E-state index in [-0.39, 0.29) is 5.41 Å². The summed E-state index contributed by atoms with van der Waals surface area (Å²) in [7, 11) is 0. The van der Waals surface area contributed by atoms with Gasteiger partial charge in [0.05, 0.1) is 18.0 Å². The number of urea groups is 1. The molecule has 0 radical (unpaired) electrons. The molecule has 1 heterocycles. The van der Waals surface area contributed by atoms with Gasteiger partial charge in [0, 0.05) is 13.0 Å². The number of hydrogen-bond acceptors (Lipinski definition) is 3. The minimum atomic E-state index is -3.06. The Hall–Kier alpha value is -1.91. The van der Waals surface area contributed by atoms with E-state index in [9.17, 15) is 23.6 Å². The molecule has 0 aromatic carbocycles. The van der Waals surface area contributed by atoms with Crippen molar-refractivity contribution in [2.75, 3.05) is 6.54 Å². The predicted molar refractivity (Wildman–Crippen MR) is 94.7 cm³/mol. The maximum atomic E-state index is 14.0. The van der Waals surface area contributed by atoms with Crippen molar-refractivity contribution in [2.45, 2.75) is 82.2 Å². The third kappa shape index (κ3) is 4.02. The van der Waals surface area contributed by atoms with Crippen molar-refractivity contribution in [1.29, 1.82) is 5.26 Å². The van der Waals surface area contributed by atoms with Crippen LogP contribution in [0.15, 0.2) is 0 Å². The second kappa shape index (κ2) is 6.92. The Morgan fingerprint density at radius 1 is 1.26 bits per heavy atom. The number of primary amides is 1. The number of halogens is 2. The predicted octanol–water partition coefficient (Wildman–Crippen LogP) is 2.92. The van der Waals surface area contributed by atoms with Crippen molar-refractivity contribution in [2.24, 2.45) is 17.1 Å². The Kier molecular flexibility index (Phi) is 5.08. The normalized spacial score (nSPS) is 27.0. The Balaban J connectivity index is 1.94. The van der Waals surface area contributed by atoms with E-state index in [4.69, 9.17) is 5.73 Å². The average molecular weight is 382 g/mol. The fourth-order valence-corrected chi connectivity index (χ4v) is 5.11. The third-order valence-electron chi connectivity index (χ3n) is 6.57. The Morgan fingerprint density at radius 3 is 2.37 bits per heavy atom. The van der Waals surface area contributed by atoms with Crippen LogP contribution >= 0.6 is 0 Å². The number of rotatable bonds is 5. The highest BCUT2D eigenvalue weighted by molar-refractivity contribution is 5.83. The van der Waals surface area contributed by atoms with E-state index in [1.54, 1.807) is 0 Å². The smallest absolute Gasteiger partial charge is 0.315 e. The van der Waals surface area contributed by atoms with Crippen molar-refractivity contribution in [3.63, 3.8) is 0 Å². The van der Waals surface area contributed by atoms with Crippen LogP contribution in [0.2, 0.25) is 0 Å². The molecule has 0 aromatic rings. The lowest BCUT2D eigenvalue weighted by Crippen LogP contribution is -2.56. The minimum Gasteiger partial charge on any atom is -0.351 e. The van der Waals surface area contributed by atoms with E-state index in [1.165, 1.54) is 4.90 Å². The van der Waals surface area contributed by atoms with Gasteiger partial charge in [0.25, 0.3) is 0 Å². The molecule has 2 atom stereocenters. The number of nitrogens with zero attached hydrogens (tertiary/aromatic N) is 2. The van der Waals surface area contributed by atoms with Crippen LogP contribution in [0.5, 0.6) is 0 Å². The SMILES string of the molecule is CC(F)(F)C[C@H](C(=O)NC1(C#N)CC1)C1N(C(N)=O)CCC12CCCCC2. The minimum absolute atomic E-state index is 0.343. The van der Waals surface area contributed by atoms with E-state index in [2.05, 4.69) is 11.4 Å². The molecule has 27 heavy (non-hydrogen) atoms. The summed E-state index contributed by atoms with van der Waals surface area (Å²) in [4.78, 5) is 26.5. The third-order valence-corrected chi connectivity index (χ3v) is 6.57. The molecule has 3 fully saturated rings. The highest BCUT2D eigenvalue weighted by Crippen LogP contribution is 2.52. The number of likely N-dealkylation sites (tertiary alicyclic amines) is 1. The number of amides is 3. The second-order valence-corrected chi connectivity index (χ2v) is 8.71. The lowest BCUT2D eigenvalue weighted by Gasteiger charge is -2.44. The molecule has 1 aliphatic heterocycles. The molecule has 1 saturated heterocycles. The maximum Gasteiger partial charge on any atom is 0.315 e. The van der Waals surface area contributed by atoms with Gasteiger partial charge in [0.15, 0.2) is 0 Å². The highest BCUT2D eigenvalue weighted by atomic mass is 19.3. The van der Waals surface area contributed by atoms with Gasteiger partial charge in [-0.25, -0.2) is 13.6 Å². The second-order valence-electron chi connectivity index (χ2n) is 8.71. The fraction of sp³-hybridized carbons (Fsp3) is 0.842. The van der Waals surface area contributed by atoms with E-state index in [1.807, 2.05) is 0 Å². The molecule has 2 saturated carbocycles. The number of carbonyl (C=O) groups is 2. The summed E-state index contributed by atoms with van der Waals surface area (Å²) in [6.45, 7) is 1.18. The zero-order valence-corrected chi connectivity index (χ0v) is 15.8. The molecular weight excluding hydrogens is 354 g/mol. The van der Waals surface area contributed by atoms with Gasteiger partial charge in [-0.2, -0.15) is 5.26 Å². The molecule has 6 nitrogen and oxygen atoms in total. The Morgan fingerprint density at radius 2 is 1.89 bits per heavy atom. The lowest BCUT2D eigenvalue weighted by molar-refractivity contribution is -0.133. The van der Waals surface area contributed by atoms with Gasteiger partial charge in [0.2, 0.25) is 11.8 Å². The van der Waals surface area contributed by atoms with Gasteiger partial charge in [0.1, 0.15) is 5.54 Å². The summed E-state index contributed by atoms with van der Waals surface area (Å²) in [5.41, 5.74) is 4.28. The molecule has 3 N–H and O–H groups in total. The monoisotopic (exact) mass is 382 g/mol.